The van der Waals surface area contributed by atoms with Crippen molar-refractivity contribution in [2.75, 3.05) is 17.7 Å². The van der Waals surface area contributed by atoms with Gasteiger partial charge < -0.3 is 15.4 Å². The second-order valence-electron chi connectivity index (χ2n) is 5.88. The molecule has 6 nitrogen and oxygen atoms in total. The number of thiophene rings is 1. The Bertz CT molecular complexity index is 1100. The zero-order chi connectivity index (χ0) is 21.7. The number of anilines is 2. The number of halogens is 2. The Kier molecular flexibility index (Phi) is 7.28. The van der Waals surface area contributed by atoms with Crippen molar-refractivity contribution in [2.24, 2.45) is 0 Å². The lowest BCUT2D eigenvalue weighted by molar-refractivity contribution is 0.0976. The zero-order valence-corrected chi connectivity index (χ0v) is 18.6. The topological polar surface area (TPSA) is 79.5 Å². The first-order chi connectivity index (χ1) is 14.4. The van der Waals surface area contributed by atoms with Crippen molar-refractivity contribution in [1.82, 2.24) is 5.32 Å². The summed E-state index contributed by atoms with van der Waals surface area (Å²) in [6.07, 6.45) is 0. The number of methoxy groups -OCH3 is 1. The van der Waals surface area contributed by atoms with Gasteiger partial charge in [0, 0.05) is 17.3 Å². The SMILES string of the molecule is COc1cc(NC(=S)NC(=O)c2ccc(Cl)c(Cl)c2)ccc1NC(=O)c1cccs1. The van der Waals surface area contributed by atoms with Crippen LogP contribution < -0.4 is 20.7 Å². The van der Waals surface area contributed by atoms with Gasteiger partial charge in [0.25, 0.3) is 11.8 Å². The van der Waals surface area contributed by atoms with E-state index in [1.165, 1.54) is 30.6 Å². The number of benzene rings is 2. The molecule has 1 heterocycles. The minimum Gasteiger partial charge on any atom is -0.494 e. The molecule has 0 unspecified atom stereocenters. The molecule has 0 aliphatic carbocycles. The van der Waals surface area contributed by atoms with Crippen LogP contribution in [0.4, 0.5) is 11.4 Å². The summed E-state index contributed by atoms with van der Waals surface area (Å²) < 4.78 is 5.35. The van der Waals surface area contributed by atoms with Gasteiger partial charge in [0.2, 0.25) is 0 Å². The number of carbonyl (C=O) groups excluding carboxylic acids is 2. The van der Waals surface area contributed by atoms with E-state index in [-0.39, 0.29) is 16.0 Å². The van der Waals surface area contributed by atoms with E-state index in [2.05, 4.69) is 16.0 Å². The van der Waals surface area contributed by atoms with Crippen LogP contribution in [0.1, 0.15) is 20.0 Å². The molecule has 154 valence electrons. The number of hydrogen-bond donors (Lipinski definition) is 3. The van der Waals surface area contributed by atoms with Crippen LogP contribution >= 0.6 is 46.8 Å². The maximum absolute atomic E-state index is 12.3. The van der Waals surface area contributed by atoms with E-state index < -0.39 is 5.91 Å². The molecule has 0 saturated carbocycles. The van der Waals surface area contributed by atoms with Crippen molar-refractivity contribution in [3.63, 3.8) is 0 Å². The Labute approximate surface area is 192 Å². The number of rotatable bonds is 5. The number of nitrogens with one attached hydrogen (secondary N) is 3. The summed E-state index contributed by atoms with van der Waals surface area (Å²) in [5, 5.41) is 10.8. The quantitative estimate of drug-likeness (QED) is 0.424. The summed E-state index contributed by atoms with van der Waals surface area (Å²) in [7, 11) is 1.49. The lowest BCUT2D eigenvalue weighted by Gasteiger charge is -2.14. The molecule has 0 saturated heterocycles. The first kappa shape index (κ1) is 22.0. The molecule has 0 aliphatic heterocycles. The molecule has 2 aromatic carbocycles. The molecule has 0 bridgehead atoms. The van der Waals surface area contributed by atoms with E-state index in [0.29, 0.717) is 32.6 Å². The summed E-state index contributed by atoms with van der Waals surface area (Å²) >= 11 is 18.3. The summed E-state index contributed by atoms with van der Waals surface area (Å²) in [6, 6.07) is 13.1. The highest BCUT2D eigenvalue weighted by atomic mass is 35.5. The van der Waals surface area contributed by atoms with Crippen molar-refractivity contribution in [2.45, 2.75) is 0 Å². The molecule has 30 heavy (non-hydrogen) atoms. The van der Waals surface area contributed by atoms with E-state index in [0.717, 1.165) is 0 Å². The fourth-order valence-electron chi connectivity index (χ4n) is 2.44. The van der Waals surface area contributed by atoms with Crippen LogP contribution in [0.15, 0.2) is 53.9 Å². The van der Waals surface area contributed by atoms with Gasteiger partial charge in [0.1, 0.15) is 5.75 Å². The van der Waals surface area contributed by atoms with E-state index in [1.54, 1.807) is 36.4 Å². The van der Waals surface area contributed by atoms with Gasteiger partial charge >= 0.3 is 0 Å². The number of carbonyl (C=O) groups is 2. The Morgan fingerprint density at radius 3 is 2.47 bits per heavy atom. The third-order valence-electron chi connectivity index (χ3n) is 3.86. The Morgan fingerprint density at radius 2 is 1.80 bits per heavy atom. The van der Waals surface area contributed by atoms with Crippen molar-refractivity contribution in [3.8, 4) is 5.75 Å². The second kappa shape index (κ2) is 9.90. The second-order valence-corrected chi connectivity index (χ2v) is 8.05. The van der Waals surface area contributed by atoms with Crippen molar-refractivity contribution < 1.29 is 14.3 Å². The van der Waals surface area contributed by atoms with Gasteiger partial charge in [0.15, 0.2) is 5.11 Å². The lowest BCUT2D eigenvalue weighted by atomic mass is 10.2. The van der Waals surface area contributed by atoms with Gasteiger partial charge in [0.05, 0.1) is 27.7 Å². The number of ether oxygens (including phenoxy) is 1. The van der Waals surface area contributed by atoms with Crippen molar-refractivity contribution >= 4 is 75.1 Å². The summed E-state index contributed by atoms with van der Waals surface area (Å²) in [6.45, 7) is 0. The average molecular weight is 480 g/mol. The lowest BCUT2D eigenvalue weighted by Crippen LogP contribution is -2.34. The predicted octanol–water partition coefficient (Wildman–Crippen LogP) is 5.44. The maximum Gasteiger partial charge on any atom is 0.265 e. The predicted molar refractivity (Wildman–Crippen MR) is 125 cm³/mol. The van der Waals surface area contributed by atoms with Gasteiger partial charge in [-0.2, -0.15) is 0 Å². The van der Waals surface area contributed by atoms with Gasteiger partial charge in [-0.25, -0.2) is 0 Å². The van der Waals surface area contributed by atoms with Crippen LogP contribution in [-0.4, -0.2) is 24.0 Å². The smallest absolute Gasteiger partial charge is 0.265 e. The molecule has 0 aliphatic rings. The van der Waals surface area contributed by atoms with Crippen LogP contribution in [0.25, 0.3) is 0 Å². The van der Waals surface area contributed by atoms with E-state index in [9.17, 15) is 9.59 Å². The van der Waals surface area contributed by atoms with Crippen molar-refractivity contribution in [3.05, 3.63) is 74.4 Å². The largest absolute Gasteiger partial charge is 0.494 e. The number of thiocarbonyl (C=S) groups is 1. The van der Waals surface area contributed by atoms with Crippen LogP contribution in [-0.2, 0) is 0 Å². The first-order valence-corrected chi connectivity index (χ1v) is 10.5. The summed E-state index contributed by atoms with van der Waals surface area (Å²) in [4.78, 5) is 25.1. The third-order valence-corrected chi connectivity index (χ3v) is 5.67. The monoisotopic (exact) mass is 479 g/mol. The van der Waals surface area contributed by atoms with E-state index >= 15 is 0 Å². The van der Waals surface area contributed by atoms with Crippen LogP contribution in [0.5, 0.6) is 5.75 Å². The Balaban J connectivity index is 1.65. The zero-order valence-electron chi connectivity index (χ0n) is 15.5. The van der Waals surface area contributed by atoms with Crippen LogP contribution in [0.3, 0.4) is 0 Å². The summed E-state index contributed by atoms with van der Waals surface area (Å²) in [5.41, 5.74) is 1.39. The van der Waals surface area contributed by atoms with E-state index in [4.69, 9.17) is 40.2 Å². The minimum absolute atomic E-state index is 0.0866. The number of hydrogen-bond acceptors (Lipinski definition) is 5. The minimum atomic E-state index is -0.433. The molecular weight excluding hydrogens is 465 g/mol. The molecule has 3 aromatic rings. The molecule has 2 amide bonds. The van der Waals surface area contributed by atoms with Gasteiger partial charge in [-0.15, -0.1) is 11.3 Å². The molecular formula is C20H15Cl2N3O3S2. The normalized spacial score (nSPS) is 10.2. The van der Waals surface area contributed by atoms with Gasteiger partial charge in [-0.1, -0.05) is 29.3 Å². The molecule has 1 aromatic heterocycles. The first-order valence-electron chi connectivity index (χ1n) is 8.47. The average Bonchev–Trinajstić information content (AvgIpc) is 3.26. The third kappa shape index (κ3) is 5.48. The van der Waals surface area contributed by atoms with Gasteiger partial charge in [-0.3, -0.25) is 14.9 Å². The van der Waals surface area contributed by atoms with Crippen LogP contribution in [0.2, 0.25) is 10.0 Å². The highest BCUT2D eigenvalue weighted by Gasteiger charge is 2.13. The van der Waals surface area contributed by atoms with Crippen LogP contribution in [0, 0.1) is 0 Å². The fourth-order valence-corrected chi connectivity index (χ4v) is 3.57. The highest BCUT2D eigenvalue weighted by molar-refractivity contribution is 7.80. The maximum atomic E-state index is 12.3. The van der Waals surface area contributed by atoms with Gasteiger partial charge in [-0.05, 0) is 54.0 Å². The molecule has 0 radical (unpaired) electrons. The molecule has 0 fully saturated rings. The highest BCUT2D eigenvalue weighted by Crippen LogP contribution is 2.29. The Hall–Kier alpha value is -2.65. The standard InChI is InChI=1S/C20H15Cl2N3O3S2/c1-28-16-10-12(5-7-15(16)24-19(27)17-3-2-8-30-17)23-20(29)25-18(26)11-4-6-13(21)14(22)9-11/h2-10H,1H3,(H,24,27)(H2,23,25,26,29). The van der Waals surface area contributed by atoms with E-state index in [1.807, 2.05) is 5.38 Å². The van der Waals surface area contributed by atoms with Crippen molar-refractivity contribution in [1.29, 1.82) is 0 Å². The molecule has 10 heteroatoms. The molecule has 3 rings (SSSR count). The fraction of sp³-hybridized carbons (Fsp3) is 0.0500. The molecule has 3 N–H and O–H groups in total. The number of amides is 2. The molecule has 0 atom stereocenters. The Morgan fingerprint density at radius 1 is 1.00 bits per heavy atom. The summed E-state index contributed by atoms with van der Waals surface area (Å²) in [5.74, 6) is -0.227. The molecule has 0 spiro atoms.